The van der Waals surface area contributed by atoms with Gasteiger partial charge in [0.15, 0.2) is 0 Å². The number of benzene rings is 1. The lowest BCUT2D eigenvalue weighted by molar-refractivity contribution is -0.117. The fourth-order valence-corrected chi connectivity index (χ4v) is 3.18. The summed E-state index contributed by atoms with van der Waals surface area (Å²) in [6.07, 6.45) is 2.20. The lowest BCUT2D eigenvalue weighted by Gasteiger charge is -2.33. The number of hydrogen-bond acceptors (Lipinski definition) is 4. The Morgan fingerprint density at radius 1 is 1.50 bits per heavy atom. The Morgan fingerprint density at radius 2 is 2.35 bits per heavy atom. The first-order valence-corrected chi connectivity index (χ1v) is 7.21. The quantitative estimate of drug-likeness (QED) is 0.773. The van der Waals surface area contributed by atoms with Crippen LogP contribution in [-0.2, 0) is 4.79 Å². The first-order chi connectivity index (χ1) is 9.72. The van der Waals surface area contributed by atoms with Crippen LogP contribution in [0.1, 0.15) is 24.4 Å². The van der Waals surface area contributed by atoms with Crippen LogP contribution in [0.25, 0.3) is 0 Å². The summed E-state index contributed by atoms with van der Waals surface area (Å²) in [7, 11) is 1.80. The second kappa shape index (κ2) is 5.42. The molecular formula is C15H21N3O2. The number of fused-ring (bicyclic) bond motifs is 1. The number of likely N-dealkylation sites (N-methyl/N-ethyl adjacent to an activating group) is 1. The van der Waals surface area contributed by atoms with Crippen LogP contribution in [-0.4, -0.2) is 37.8 Å². The van der Waals surface area contributed by atoms with Gasteiger partial charge in [-0.1, -0.05) is 6.07 Å². The minimum Gasteiger partial charge on any atom is -0.396 e. The summed E-state index contributed by atoms with van der Waals surface area (Å²) >= 11 is 0. The van der Waals surface area contributed by atoms with Crippen molar-refractivity contribution < 1.29 is 9.90 Å². The summed E-state index contributed by atoms with van der Waals surface area (Å²) in [5.41, 5.74) is 3.04. The van der Waals surface area contributed by atoms with E-state index in [0.717, 1.165) is 42.9 Å². The summed E-state index contributed by atoms with van der Waals surface area (Å²) in [5, 5.41) is 15.3. The largest absolute Gasteiger partial charge is 0.396 e. The molecule has 5 heteroatoms. The van der Waals surface area contributed by atoms with Gasteiger partial charge in [-0.15, -0.1) is 0 Å². The molecule has 1 saturated heterocycles. The van der Waals surface area contributed by atoms with Crippen molar-refractivity contribution in [1.82, 2.24) is 5.32 Å². The van der Waals surface area contributed by atoms with Gasteiger partial charge >= 0.3 is 0 Å². The second-order valence-corrected chi connectivity index (χ2v) is 5.62. The van der Waals surface area contributed by atoms with Gasteiger partial charge in [-0.05, 0) is 37.9 Å². The number of aliphatic hydroxyl groups excluding tert-OH is 1. The molecule has 108 valence electrons. The van der Waals surface area contributed by atoms with Crippen molar-refractivity contribution in [3.05, 3.63) is 23.8 Å². The van der Waals surface area contributed by atoms with Gasteiger partial charge in [0.05, 0.1) is 0 Å². The third-order valence-corrected chi connectivity index (χ3v) is 4.30. The zero-order chi connectivity index (χ0) is 14.1. The molecule has 1 amide bonds. The van der Waals surface area contributed by atoms with Gasteiger partial charge in [0, 0.05) is 36.6 Å². The number of nitrogens with zero attached hydrogens (tertiary/aromatic N) is 1. The number of carbonyl (C=O) groups is 1. The van der Waals surface area contributed by atoms with Gasteiger partial charge in [0.2, 0.25) is 5.91 Å². The molecular weight excluding hydrogens is 254 g/mol. The van der Waals surface area contributed by atoms with Crippen molar-refractivity contribution in [3.8, 4) is 0 Å². The Kier molecular flexibility index (Phi) is 3.63. The molecule has 0 aliphatic carbocycles. The highest BCUT2D eigenvalue weighted by Crippen LogP contribution is 2.34. The molecule has 1 fully saturated rings. The van der Waals surface area contributed by atoms with E-state index in [1.165, 1.54) is 0 Å². The van der Waals surface area contributed by atoms with Gasteiger partial charge in [-0.2, -0.15) is 0 Å². The van der Waals surface area contributed by atoms with Gasteiger partial charge < -0.3 is 20.6 Å². The van der Waals surface area contributed by atoms with E-state index in [0.29, 0.717) is 5.92 Å². The van der Waals surface area contributed by atoms with E-state index in [-0.39, 0.29) is 18.6 Å². The number of rotatable bonds is 3. The van der Waals surface area contributed by atoms with Crippen LogP contribution in [0, 0.1) is 5.92 Å². The highest BCUT2D eigenvalue weighted by atomic mass is 16.3. The lowest BCUT2D eigenvalue weighted by atomic mass is 9.98. The Labute approximate surface area is 119 Å². The molecule has 0 spiro atoms. The minimum absolute atomic E-state index is 0.00605. The maximum atomic E-state index is 11.8. The molecule has 0 bridgehead atoms. The first kappa shape index (κ1) is 13.4. The predicted octanol–water partition coefficient (Wildman–Crippen LogP) is 1.11. The van der Waals surface area contributed by atoms with Gasteiger partial charge in [-0.3, -0.25) is 4.79 Å². The van der Waals surface area contributed by atoms with Crippen LogP contribution in [0.3, 0.4) is 0 Å². The fraction of sp³-hybridized carbons (Fsp3) is 0.533. The number of amides is 1. The highest BCUT2D eigenvalue weighted by Gasteiger charge is 2.30. The maximum absolute atomic E-state index is 11.8. The third-order valence-electron chi connectivity index (χ3n) is 4.30. The van der Waals surface area contributed by atoms with Crippen molar-refractivity contribution >= 4 is 17.3 Å². The minimum atomic E-state index is -0.245. The molecule has 0 saturated carbocycles. The van der Waals surface area contributed by atoms with E-state index in [4.69, 9.17) is 0 Å². The molecule has 20 heavy (non-hydrogen) atoms. The van der Waals surface area contributed by atoms with Crippen LogP contribution in [0.15, 0.2) is 18.2 Å². The molecule has 3 rings (SSSR count). The average molecular weight is 275 g/mol. The Bertz CT molecular complexity index is 518. The number of aliphatic hydroxyl groups is 1. The van der Waals surface area contributed by atoms with Crippen LogP contribution in [0.2, 0.25) is 0 Å². The number of anilines is 2. The monoisotopic (exact) mass is 275 g/mol. The Balaban J connectivity index is 1.83. The molecule has 0 aromatic heterocycles. The van der Waals surface area contributed by atoms with Gasteiger partial charge in [-0.25, -0.2) is 0 Å². The normalized spacial score (nSPS) is 25.5. The van der Waals surface area contributed by atoms with Gasteiger partial charge in [0.1, 0.15) is 6.04 Å². The summed E-state index contributed by atoms with van der Waals surface area (Å²) in [4.78, 5) is 14.1. The molecule has 1 aromatic carbocycles. The summed E-state index contributed by atoms with van der Waals surface area (Å²) in [5.74, 6) is 0.364. The summed E-state index contributed by atoms with van der Waals surface area (Å²) < 4.78 is 0. The van der Waals surface area contributed by atoms with E-state index in [2.05, 4.69) is 21.6 Å². The molecule has 1 aromatic rings. The van der Waals surface area contributed by atoms with Crippen LogP contribution >= 0.6 is 0 Å². The van der Waals surface area contributed by atoms with E-state index >= 15 is 0 Å². The second-order valence-electron chi connectivity index (χ2n) is 5.62. The van der Waals surface area contributed by atoms with Crippen molar-refractivity contribution in [2.45, 2.75) is 18.9 Å². The molecule has 2 atom stereocenters. The molecule has 3 N–H and O–H groups in total. The van der Waals surface area contributed by atoms with E-state index in [1.807, 2.05) is 12.1 Å². The number of piperidine rings is 1. The fourth-order valence-electron chi connectivity index (χ4n) is 3.18. The van der Waals surface area contributed by atoms with E-state index < -0.39 is 0 Å². The molecule has 5 nitrogen and oxygen atoms in total. The Hall–Kier alpha value is -1.59. The standard InChI is InChI=1S/C15H21N3O2/c1-16-14-12-5-4-11(7-13(12)17-15(14)20)18-6-2-3-10(8-18)9-19/h4-5,7,10,14,16,19H,2-3,6,8-9H2,1H3,(H,17,20). The van der Waals surface area contributed by atoms with E-state index in [1.54, 1.807) is 7.05 Å². The first-order valence-electron chi connectivity index (χ1n) is 7.21. The summed E-state index contributed by atoms with van der Waals surface area (Å²) in [6.45, 7) is 2.15. The van der Waals surface area contributed by atoms with Crippen molar-refractivity contribution in [1.29, 1.82) is 0 Å². The smallest absolute Gasteiger partial charge is 0.246 e. The van der Waals surface area contributed by atoms with Crippen molar-refractivity contribution in [2.75, 3.05) is 37.0 Å². The average Bonchev–Trinajstić information content (AvgIpc) is 2.81. The number of nitrogens with one attached hydrogen (secondary N) is 2. The molecule has 2 aliphatic rings. The van der Waals surface area contributed by atoms with Crippen LogP contribution < -0.4 is 15.5 Å². The predicted molar refractivity (Wildman–Crippen MR) is 78.9 cm³/mol. The third kappa shape index (κ3) is 2.27. The van der Waals surface area contributed by atoms with Crippen molar-refractivity contribution in [3.63, 3.8) is 0 Å². The van der Waals surface area contributed by atoms with Crippen LogP contribution in [0.4, 0.5) is 11.4 Å². The Morgan fingerprint density at radius 3 is 3.10 bits per heavy atom. The lowest BCUT2D eigenvalue weighted by Crippen LogP contribution is -2.36. The molecule has 2 heterocycles. The van der Waals surface area contributed by atoms with E-state index in [9.17, 15) is 9.90 Å². The SMILES string of the molecule is CNC1C(=O)Nc2cc(N3CCCC(CO)C3)ccc21. The zero-order valence-corrected chi connectivity index (χ0v) is 11.7. The molecule has 0 radical (unpaired) electrons. The molecule has 2 unspecified atom stereocenters. The number of hydrogen-bond donors (Lipinski definition) is 3. The maximum Gasteiger partial charge on any atom is 0.246 e. The zero-order valence-electron chi connectivity index (χ0n) is 11.7. The topological polar surface area (TPSA) is 64.6 Å². The molecule has 2 aliphatic heterocycles. The van der Waals surface area contributed by atoms with Gasteiger partial charge in [0.25, 0.3) is 0 Å². The number of carbonyl (C=O) groups excluding carboxylic acids is 1. The van der Waals surface area contributed by atoms with Crippen molar-refractivity contribution in [2.24, 2.45) is 5.92 Å². The van der Waals surface area contributed by atoms with Crippen LogP contribution in [0.5, 0.6) is 0 Å². The summed E-state index contributed by atoms with van der Waals surface area (Å²) in [6, 6.07) is 5.89. The highest BCUT2D eigenvalue weighted by molar-refractivity contribution is 6.03.